The second kappa shape index (κ2) is 3.82. The van der Waals surface area contributed by atoms with E-state index in [0.717, 1.165) is 11.3 Å². The van der Waals surface area contributed by atoms with Gasteiger partial charge in [-0.25, -0.2) is 0 Å². The number of aromatic nitrogens is 2. The number of aromatic amines is 1. The Kier molecular flexibility index (Phi) is 2.93. The Labute approximate surface area is 83.3 Å². The van der Waals surface area contributed by atoms with Crippen molar-refractivity contribution in [2.24, 2.45) is 0 Å². The Morgan fingerprint density at radius 3 is 2.71 bits per heavy atom. The molecule has 0 aliphatic carbocycles. The Balaban J connectivity index is 2.78. The van der Waals surface area contributed by atoms with Crippen LogP contribution in [0.5, 0.6) is 0 Å². The molecule has 1 heterocycles. The normalized spacial score (nSPS) is 11.6. The third kappa shape index (κ3) is 2.58. The topological polar surface area (TPSA) is 66.0 Å². The molecule has 1 aromatic rings. The summed E-state index contributed by atoms with van der Waals surface area (Å²) in [4.78, 5) is 10.4. The summed E-state index contributed by atoms with van der Waals surface area (Å²) >= 11 is 0. The van der Waals surface area contributed by atoms with Crippen LogP contribution < -0.4 is 0 Å². The monoisotopic (exact) mass is 196 g/mol. The minimum atomic E-state index is -0.772. The second-order valence-corrected chi connectivity index (χ2v) is 4.41. The average molecular weight is 196 g/mol. The summed E-state index contributed by atoms with van der Waals surface area (Å²) < 4.78 is 0. The van der Waals surface area contributed by atoms with Crippen molar-refractivity contribution in [1.29, 1.82) is 0 Å². The summed E-state index contributed by atoms with van der Waals surface area (Å²) in [6.45, 7) is 6.22. The molecular formula is C10H16N2O2. The predicted molar refractivity (Wildman–Crippen MR) is 53.2 cm³/mol. The minimum absolute atomic E-state index is 0.00959. The number of hydrogen-bond acceptors (Lipinski definition) is 2. The summed E-state index contributed by atoms with van der Waals surface area (Å²) in [6.07, 6.45) is 2.41. The Morgan fingerprint density at radius 2 is 2.21 bits per heavy atom. The van der Waals surface area contributed by atoms with E-state index in [9.17, 15) is 4.79 Å². The third-order valence-electron chi connectivity index (χ3n) is 2.08. The maximum atomic E-state index is 10.4. The SMILES string of the molecule is CC(C)(C)c1[nH]ncc1CCC(=O)O. The maximum Gasteiger partial charge on any atom is 0.303 e. The molecule has 0 aromatic carbocycles. The standard InChI is InChI=1S/C10H16N2O2/c1-10(2,3)9-7(6-11-12-9)4-5-8(13)14/h6H,4-5H2,1-3H3,(H,11,12)(H,13,14). The molecule has 1 aromatic heterocycles. The van der Waals surface area contributed by atoms with Crippen molar-refractivity contribution >= 4 is 5.97 Å². The van der Waals surface area contributed by atoms with Gasteiger partial charge in [-0.15, -0.1) is 0 Å². The van der Waals surface area contributed by atoms with Gasteiger partial charge in [0.25, 0.3) is 0 Å². The number of nitrogens with zero attached hydrogens (tertiary/aromatic N) is 1. The van der Waals surface area contributed by atoms with Crippen molar-refractivity contribution in [3.05, 3.63) is 17.5 Å². The Hall–Kier alpha value is -1.32. The molecule has 0 bridgehead atoms. The molecule has 0 atom stereocenters. The van der Waals surface area contributed by atoms with Crippen molar-refractivity contribution < 1.29 is 9.90 Å². The number of carbonyl (C=O) groups is 1. The third-order valence-corrected chi connectivity index (χ3v) is 2.08. The zero-order valence-electron chi connectivity index (χ0n) is 8.79. The molecule has 0 saturated carbocycles. The number of nitrogens with one attached hydrogen (secondary N) is 1. The van der Waals surface area contributed by atoms with Gasteiger partial charge in [0.15, 0.2) is 0 Å². The first-order chi connectivity index (χ1) is 6.41. The highest BCUT2D eigenvalue weighted by molar-refractivity contribution is 5.67. The maximum absolute atomic E-state index is 10.4. The highest BCUT2D eigenvalue weighted by atomic mass is 16.4. The fourth-order valence-electron chi connectivity index (χ4n) is 1.39. The summed E-state index contributed by atoms with van der Waals surface area (Å²) in [6, 6.07) is 0. The van der Waals surface area contributed by atoms with Crippen LogP contribution in [0, 0.1) is 0 Å². The van der Waals surface area contributed by atoms with Gasteiger partial charge in [0, 0.05) is 17.5 Å². The summed E-state index contributed by atoms with van der Waals surface area (Å²) in [7, 11) is 0. The first-order valence-electron chi connectivity index (χ1n) is 4.66. The lowest BCUT2D eigenvalue weighted by atomic mass is 9.88. The summed E-state index contributed by atoms with van der Waals surface area (Å²) in [5.41, 5.74) is 2.02. The summed E-state index contributed by atoms with van der Waals surface area (Å²) in [5, 5.41) is 15.5. The zero-order chi connectivity index (χ0) is 10.8. The lowest BCUT2D eigenvalue weighted by Gasteiger charge is -2.17. The minimum Gasteiger partial charge on any atom is -0.481 e. The predicted octanol–water partition coefficient (Wildman–Crippen LogP) is 1.72. The van der Waals surface area contributed by atoms with Crippen LogP contribution in [0.2, 0.25) is 0 Å². The highest BCUT2D eigenvalue weighted by Crippen LogP contribution is 2.23. The fourth-order valence-corrected chi connectivity index (χ4v) is 1.39. The van der Waals surface area contributed by atoms with Crippen molar-refractivity contribution in [3.8, 4) is 0 Å². The molecule has 0 aliphatic rings. The Bertz CT molecular complexity index is 323. The van der Waals surface area contributed by atoms with Gasteiger partial charge in [-0.05, 0) is 12.0 Å². The molecule has 0 radical (unpaired) electrons. The zero-order valence-corrected chi connectivity index (χ0v) is 8.79. The van der Waals surface area contributed by atoms with Crippen molar-refractivity contribution in [3.63, 3.8) is 0 Å². The van der Waals surface area contributed by atoms with E-state index in [1.165, 1.54) is 0 Å². The number of aryl methyl sites for hydroxylation is 1. The van der Waals surface area contributed by atoms with E-state index in [2.05, 4.69) is 31.0 Å². The fraction of sp³-hybridized carbons (Fsp3) is 0.600. The van der Waals surface area contributed by atoms with Gasteiger partial charge < -0.3 is 5.11 Å². The van der Waals surface area contributed by atoms with Crippen LogP contribution in [0.15, 0.2) is 6.20 Å². The molecule has 0 aliphatic heterocycles. The van der Waals surface area contributed by atoms with Crippen LogP contribution in [0.3, 0.4) is 0 Å². The first-order valence-corrected chi connectivity index (χ1v) is 4.66. The van der Waals surface area contributed by atoms with Crippen molar-refractivity contribution in [1.82, 2.24) is 10.2 Å². The molecule has 0 unspecified atom stereocenters. The lowest BCUT2D eigenvalue weighted by molar-refractivity contribution is -0.136. The van der Waals surface area contributed by atoms with E-state index in [-0.39, 0.29) is 11.8 Å². The largest absolute Gasteiger partial charge is 0.481 e. The molecule has 1 rings (SSSR count). The quantitative estimate of drug-likeness (QED) is 0.773. The molecular weight excluding hydrogens is 180 g/mol. The number of hydrogen-bond donors (Lipinski definition) is 2. The van der Waals surface area contributed by atoms with Gasteiger partial charge in [-0.3, -0.25) is 9.89 Å². The van der Waals surface area contributed by atoms with E-state index < -0.39 is 5.97 Å². The summed E-state index contributed by atoms with van der Waals surface area (Å²) in [5.74, 6) is -0.772. The average Bonchev–Trinajstić information content (AvgIpc) is 2.46. The van der Waals surface area contributed by atoms with Gasteiger partial charge in [-0.2, -0.15) is 5.10 Å². The van der Waals surface area contributed by atoms with E-state index in [4.69, 9.17) is 5.11 Å². The van der Waals surface area contributed by atoms with Crippen LogP contribution in [-0.2, 0) is 16.6 Å². The number of H-pyrrole nitrogens is 1. The highest BCUT2D eigenvalue weighted by Gasteiger charge is 2.19. The smallest absolute Gasteiger partial charge is 0.303 e. The van der Waals surface area contributed by atoms with Crippen LogP contribution in [0.1, 0.15) is 38.4 Å². The van der Waals surface area contributed by atoms with Crippen LogP contribution in [-0.4, -0.2) is 21.3 Å². The van der Waals surface area contributed by atoms with Crippen molar-refractivity contribution in [2.75, 3.05) is 0 Å². The number of carboxylic acids is 1. The lowest BCUT2D eigenvalue weighted by Crippen LogP contribution is -2.14. The molecule has 0 amide bonds. The van der Waals surface area contributed by atoms with Gasteiger partial charge in [-0.1, -0.05) is 20.8 Å². The van der Waals surface area contributed by atoms with Crippen LogP contribution >= 0.6 is 0 Å². The van der Waals surface area contributed by atoms with Gasteiger partial charge >= 0.3 is 5.97 Å². The molecule has 14 heavy (non-hydrogen) atoms. The molecule has 0 spiro atoms. The van der Waals surface area contributed by atoms with Crippen LogP contribution in [0.25, 0.3) is 0 Å². The Morgan fingerprint density at radius 1 is 1.57 bits per heavy atom. The molecule has 78 valence electrons. The first kappa shape index (κ1) is 10.8. The van der Waals surface area contributed by atoms with E-state index >= 15 is 0 Å². The van der Waals surface area contributed by atoms with Gasteiger partial charge in [0.05, 0.1) is 6.20 Å². The van der Waals surface area contributed by atoms with Crippen LogP contribution in [0.4, 0.5) is 0 Å². The number of rotatable bonds is 3. The molecule has 4 nitrogen and oxygen atoms in total. The molecule has 0 saturated heterocycles. The molecule has 4 heteroatoms. The number of aliphatic carboxylic acids is 1. The van der Waals surface area contributed by atoms with Gasteiger partial charge in [0.1, 0.15) is 0 Å². The molecule has 2 N–H and O–H groups in total. The van der Waals surface area contributed by atoms with Gasteiger partial charge in [0.2, 0.25) is 0 Å². The van der Waals surface area contributed by atoms with E-state index in [1.54, 1.807) is 6.20 Å². The van der Waals surface area contributed by atoms with Crippen molar-refractivity contribution in [2.45, 2.75) is 39.0 Å². The van der Waals surface area contributed by atoms with E-state index in [1.807, 2.05) is 0 Å². The molecule has 0 fully saturated rings. The second-order valence-electron chi connectivity index (χ2n) is 4.41. The van der Waals surface area contributed by atoms with E-state index in [0.29, 0.717) is 6.42 Å². The number of carboxylic acid groups (broad SMARTS) is 1.